The molecule has 0 unspecified atom stereocenters. The lowest BCUT2D eigenvalue weighted by atomic mass is 10.1. The predicted molar refractivity (Wildman–Crippen MR) is 244 cm³/mol. The van der Waals surface area contributed by atoms with Crippen molar-refractivity contribution in [2.24, 2.45) is 38.8 Å². The van der Waals surface area contributed by atoms with Crippen LogP contribution in [0.3, 0.4) is 0 Å². The molecule has 320 valence electrons. The number of rotatable bonds is 15. The second kappa shape index (κ2) is 21.1. The summed E-state index contributed by atoms with van der Waals surface area (Å²) in [6.45, 7) is 8.83. The van der Waals surface area contributed by atoms with Crippen LogP contribution in [0.5, 0.6) is 5.88 Å². The number of nitrogens with two attached hydrogens (primary N) is 5. The number of aromatic hydroxyl groups is 1. The molecule has 61 heavy (non-hydrogen) atoms. The molecular weight excluding hydrogens is 773 g/mol. The van der Waals surface area contributed by atoms with Crippen LogP contribution in [-0.4, -0.2) is 76.5 Å². The van der Waals surface area contributed by atoms with Gasteiger partial charge < -0.3 is 43.7 Å². The minimum atomic E-state index is -0.299. The van der Waals surface area contributed by atoms with Crippen molar-refractivity contribution in [2.45, 2.75) is 72.1 Å². The second-order valence-corrected chi connectivity index (χ2v) is 14.6. The first-order valence-corrected chi connectivity index (χ1v) is 20.3. The maximum atomic E-state index is 10.9. The maximum Gasteiger partial charge on any atom is 1.00 e. The number of imidazole rings is 1. The van der Waals surface area contributed by atoms with Crippen LogP contribution < -0.4 is 28.7 Å². The van der Waals surface area contributed by atoms with Crippen LogP contribution in [0.15, 0.2) is 83.3 Å². The Labute approximate surface area is 355 Å². The van der Waals surface area contributed by atoms with E-state index in [0.717, 1.165) is 81.4 Å². The van der Waals surface area contributed by atoms with E-state index in [1.807, 2.05) is 61.9 Å². The number of benzene rings is 2. The highest BCUT2D eigenvalue weighted by Crippen LogP contribution is 2.33. The van der Waals surface area contributed by atoms with E-state index in [0.29, 0.717) is 49.4 Å². The Morgan fingerprint density at radius 1 is 0.820 bits per heavy atom. The van der Waals surface area contributed by atoms with E-state index >= 15 is 0 Å². The standard InChI is InChI=1S/C22H27N7O.C16H19N7.C6H10O2/c1-3-13(2)19-21(30)29-12-18(15-11-26-16-8-5-4-7-14(15)16)27-17(20(29)28-19)9-6-10-25-22(23)24;17-15-13(6-3-7-20-16(18)19)23-14(9-22-15)11-8-21-12-5-2-1-4-10(11)12;1-3-5(2)6(8)4-7/h4-5,7-8,11-13,26,30H,3,6,9-10H2,1-2H3,(H4,23,24,25);1-2,4-5,8-9,21H,3,6-7H2,(H2,17,22)(H4,18,19,20);4-5H,3H2,1-2H3/p+1/t13-;;5-/m0.0/s1. The Bertz CT molecular complexity index is 2640. The van der Waals surface area contributed by atoms with Gasteiger partial charge in [-0.2, -0.15) is 0 Å². The van der Waals surface area contributed by atoms with Gasteiger partial charge in [0.15, 0.2) is 29.6 Å². The molecule has 0 amide bonds. The van der Waals surface area contributed by atoms with E-state index in [1.165, 1.54) is 0 Å². The lowest BCUT2D eigenvalue weighted by Crippen LogP contribution is -2.23. The Balaban J connectivity index is 0.000000234. The van der Waals surface area contributed by atoms with E-state index in [2.05, 4.69) is 55.9 Å². The van der Waals surface area contributed by atoms with Crippen LogP contribution in [0.4, 0.5) is 5.82 Å². The quantitative estimate of drug-likeness (QED) is 0.0205. The maximum absolute atomic E-state index is 10.9. The number of aryl methyl sites for hydroxylation is 2. The Morgan fingerprint density at radius 2 is 1.36 bits per heavy atom. The first kappa shape index (κ1) is 44.8. The molecule has 5 aromatic heterocycles. The van der Waals surface area contributed by atoms with Crippen molar-refractivity contribution in [3.63, 3.8) is 0 Å². The van der Waals surface area contributed by atoms with Crippen molar-refractivity contribution < 1.29 is 16.1 Å². The highest BCUT2D eigenvalue weighted by atomic mass is 16.3. The number of hydrogen-bond acceptors (Lipinski definition) is 10. The fourth-order valence-electron chi connectivity index (χ4n) is 6.48. The van der Waals surface area contributed by atoms with Crippen molar-refractivity contribution in [3.8, 4) is 28.4 Å². The lowest BCUT2D eigenvalue weighted by molar-refractivity contribution is -0.132. The Morgan fingerprint density at radius 3 is 1.89 bits per heavy atom. The predicted octanol–water partition coefficient (Wildman–Crippen LogP) is 5.63. The summed E-state index contributed by atoms with van der Waals surface area (Å²) in [6, 6.07) is 16.2. The minimum Gasteiger partial charge on any atom is -0.493 e. The largest absolute Gasteiger partial charge is 1.00 e. The van der Waals surface area contributed by atoms with E-state index in [4.69, 9.17) is 38.6 Å². The highest BCUT2D eigenvalue weighted by molar-refractivity contribution is 6.25. The number of aromatic amines is 2. The van der Waals surface area contributed by atoms with Crippen LogP contribution in [0.25, 0.3) is 50.0 Å². The molecule has 7 aromatic rings. The molecule has 17 nitrogen and oxygen atoms in total. The number of aromatic nitrogens is 7. The molecule has 0 aliphatic carbocycles. The molecule has 0 saturated heterocycles. The van der Waals surface area contributed by atoms with Gasteiger partial charge >= 0.3 is 1.43 Å². The number of carbonyl (C=O) groups excluding carboxylic acids is 2. The highest BCUT2D eigenvalue weighted by Gasteiger charge is 2.21. The Hall–Kier alpha value is -7.30. The zero-order valence-corrected chi connectivity index (χ0v) is 35.1. The van der Waals surface area contributed by atoms with Crippen molar-refractivity contribution in [2.75, 3.05) is 18.8 Å². The van der Waals surface area contributed by atoms with E-state index < -0.39 is 0 Å². The number of ketones is 1. The summed E-state index contributed by atoms with van der Waals surface area (Å²) in [5, 5.41) is 13.1. The van der Waals surface area contributed by atoms with Crippen molar-refractivity contribution in [1.29, 1.82) is 0 Å². The average Bonchev–Trinajstić information content (AvgIpc) is 3.99. The van der Waals surface area contributed by atoms with Gasteiger partial charge in [-0.25, -0.2) is 19.9 Å². The number of para-hydroxylation sites is 2. The summed E-state index contributed by atoms with van der Waals surface area (Å²) < 4.78 is 1.75. The number of Topliss-reactive ketones (excluding diaryl/α,β-unsaturated/α-hetero) is 1. The summed E-state index contributed by atoms with van der Waals surface area (Å²) in [4.78, 5) is 53.3. The summed E-state index contributed by atoms with van der Waals surface area (Å²) >= 11 is 0. The van der Waals surface area contributed by atoms with Gasteiger partial charge in [0.1, 0.15) is 11.5 Å². The molecule has 13 N–H and O–H groups in total. The van der Waals surface area contributed by atoms with E-state index in [-0.39, 0.29) is 36.8 Å². The third kappa shape index (κ3) is 11.3. The third-order valence-electron chi connectivity index (χ3n) is 10.3. The molecule has 5 heterocycles. The van der Waals surface area contributed by atoms with Crippen LogP contribution in [-0.2, 0) is 22.4 Å². The lowest BCUT2D eigenvalue weighted by Gasteiger charge is -2.07. The smallest absolute Gasteiger partial charge is 0.493 e. The Kier molecular flexibility index (Phi) is 15.5. The van der Waals surface area contributed by atoms with Gasteiger partial charge in [-0.15, -0.1) is 0 Å². The van der Waals surface area contributed by atoms with Crippen LogP contribution in [0, 0.1) is 5.92 Å². The minimum absolute atomic E-state index is 0. The molecule has 0 spiro atoms. The fourth-order valence-corrected chi connectivity index (χ4v) is 6.48. The van der Waals surface area contributed by atoms with Crippen molar-refractivity contribution >= 4 is 57.3 Å². The van der Waals surface area contributed by atoms with Gasteiger partial charge in [0, 0.05) is 76.4 Å². The van der Waals surface area contributed by atoms with E-state index in [9.17, 15) is 14.7 Å². The number of nitrogens with one attached hydrogen (secondary N) is 2. The van der Waals surface area contributed by atoms with Gasteiger partial charge in [0.25, 0.3) is 0 Å². The zero-order valence-electron chi connectivity index (χ0n) is 36.1. The van der Waals surface area contributed by atoms with Gasteiger partial charge in [0.2, 0.25) is 5.88 Å². The number of aliphatic imine (C=N–C) groups is 2. The average molecular weight is 830 g/mol. The monoisotopic (exact) mass is 829 g/mol. The molecular formula is C44H57N14O3+. The van der Waals surface area contributed by atoms with Gasteiger partial charge in [-0.05, 0) is 50.7 Å². The zero-order chi connectivity index (χ0) is 44.1. The van der Waals surface area contributed by atoms with Gasteiger partial charge in [-0.3, -0.25) is 24.0 Å². The van der Waals surface area contributed by atoms with Crippen LogP contribution >= 0.6 is 0 Å². The molecule has 2 atom stereocenters. The molecule has 0 aliphatic rings. The molecule has 0 radical (unpaired) electrons. The van der Waals surface area contributed by atoms with Crippen molar-refractivity contribution in [3.05, 3.63) is 90.4 Å². The number of nitrogen functional groups attached to an aromatic ring is 1. The fraction of sp³-hybridized carbons (Fsp3) is 0.318. The number of aldehydes is 1. The normalized spacial score (nSPS) is 11.9. The van der Waals surface area contributed by atoms with Gasteiger partial charge in [-0.1, -0.05) is 64.1 Å². The third-order valence-corrected chi connectivity index (χ3v) is 10.3. The number of fused-ring (bicyclic) bond motifs is 3. The molecule has 0 aliphatic heterocycles. The molecule has 17 heteroatoms. The number of anilines is 1. The first-order chi connectivity index (χ1) is 29.4. The first-order valence-electron chi connectivity index (χ1n) is 20.3. The number of carbonyl (C=O) groups is 2. The van der Waals surface area contributed by atoms with Gasteiger partial charge in [0.05, 0.1) is 29.0 Å². The second-order valence-electron chi connectivity index (χ2n) is 14.6. The van der Waals surface area contributed by atoms with E-state index in [1.54, 1.807) is 17.5 Å². The molecule has 0 saturated carbocycles. The summed E-state index contributed by atoms with van der Waals surface area (Å²) in [7, 11) is 0. The number of guanidine groups is 2. The van der Waals surface area contributed by atoms with Crippen LogP contribution in [0.1, 0.15) is 77.8 Å². The number of H-pyrrole nitrogens is 2. The summed E-state index contributed by atoms with van der Waals surface area (Å²) in [6.07, 6.45) is 12.3. The summed E-state index contributed by atoms with van der Waals surface area (Å²) in [5.41, 5.74) is 36.1. The molecule has 2 aromatic carbocycles. The number of hydrogen-bond donors (Lipinski definition) is 8. The van der Waals surface area contributed by atoms with Crippen molar-refractivity contribution in [1.82, 2.24) is 34.3 Å². The SMILES string of the molecule is CC[C@H](C)C(=O)C=O.CC[C@H](C)c1nc2c(CCCN=C(N)N)nc(-c3c[nH]c4ccccc34)cn2c1O.NC(N)=NCCCc1nc(-c2c[nH]c3ccccc23)cnc1N.[H+]. The molecule has 0 bridgehead atoms. The summed E-state index contributed by atoms with van der Waals surface area (Å²) in [5.74, 6) is 0.553. The number of nitrogens with zero attached hydrogens (tertiary/aromatic N) is 7. The van der Waals surface area contributed by atoms with Crippen LogP contribution in [0.2, 0.25) is 0 Å². The topological polar surface area (TPSA) is 297 Å². The molecule has 7 rings (SSSR count). The molecule has 0 fully saturated rings.